The summed E-state index contributed by atoms with van der Waals surface area (Å²) in [6.45, 7) is 3.28. The molecule has 2 aliphatic carbocycles. The third-order valence-corrected chi connectivity index (χ3v) is 5.61. The second kappa shape index (κ2) is 6.07. The summed E-state index contributed by atoms with van der Waals surface area (Å²) in [4.78, 5) is 0. The minimum Gasteiger partial charge on any atom is -0.496 e. The zero-order valence-corrected chi connectivity index (χ0v) is 13.9. The largest absolute Gasteiger partial charge is 0.496 e. The number of likely N-dealkylation sites (N-methyl/N-ethyl adjacent to an activating group) is 1. The number of benzene rings is 1. The Hall–Kier alpha value is -0.540. The molecule has 2 fully saturated rings. The molecule has 0 saturated heterocycles. The highest BCUT2D eigenvalue weighted by Crippen LogP contribution is 2.55. The van der Waals surface area contributed by atoms with E-state index in [9.17, 15) is 0 Å². The monoisotopic (exact) mass is 337 g/mol. The summed E-state index contributed by atoms with van der Waals surface area (Å²) in [5, 5.41) is 3.72. The standard InChI is InChI=1S/C17H24BrNO/c1-3-19-16(14-9-12-8-13(12)10-14)7-11-4-5-17(20-2)15(18)6-11/h4-6,12-14,16,19H,3,7-10H2,1-2H3. The van der Waals surface area contributed by atoms with Crippen molar-refractivity contribution < 1.29 is 4.74 Å². The number of ether oxygens (including phenoxy) is 1. The first-order valence-corrected chi connectivity index (χ1v) is 8.56. The Kier molecular flexibility index (Phi) is 4.37. The fourth-order valence-electron chi connectivity index (χ4n) is 3.85. The smallest absolute Gasteiger partial charge is 0.133 e. The van der Waals surface area contributed by atoms with Crippen molar-refractivity contribution in [2.24, 2.45) is 17.8 Å². The number of rotatable bonds is 6. The summed E-state index contributed by atoms with van der Waals surface area (Å²) >= 11 is 3.59. The first-order valence-electron chi connectivity index (χ1n) is 7.77. The maximum absolute atomic E-state index is 5.31. The quantitative estimate of drug-likeness (QED) is 0.846. The molecule has 1 N–H and O–H groups in total. The van der Waals surface area contributed by atoms with Crippen LogP contribution in [0.2, 0.25) is 0 Å². The Morgan fingerprint density at radius 1 is 1.30 bits per heavy atom. The first-order chi connectivity index (χ1) is 9.71. The van der Waals surface area contributed by atoms with Crippen LogP contribution in [0, 0.1) is 17.8 Å². The van der Waals surface area contributed by atoms with E-state index >= 15 is 0 Å². The summed E-state index contributed by atoms with van der Waals surface area (Å²) < 4.78 is 6.37. The third kappa shape index (κ3) is 3.04. The van der Waals surface area contributed by atoms with Crippen molar-refractivity contribution in [3.63, 3.8) is 0 Å². The topological polar surface area (TPSA) is 21.3 Å². The maximum Gasteiger partial charge on any atom is 0.133 e. The van der Waals surface area contributed by atoms with Crippen LogP contribution in [-0.4, -0.2) is 19.7 Å². The minimum atomic E-state index is 0.632. The van der Waals surface area contributed by atoms with Gasteiger partial charge in [0, 0.05) is 6.04 Å². The van der Waals surface area contributed by atoms with E-state index in [4.69, 9.17) is 4.74 Å². The molecule has 0 bridgehead atoms. The Balaban J connectivity index is 1.67. The van der Waals surface area contributed by atoms with Gasteiger partial charge in [0.1, 0.15) is 5.75 Å². The SMILES string of the molecule is CCNC(Cc1ccc(OC)c(Br)c1)C1CC2CC2C1. The molecule has 3 atom stereocenters. The Morgan fingerprint density at radius 2 is 2.05 bits per heavy atom. The summed E-state index contributed by atoms with van der Waals surface area (Å²) in [5.41, 5.74) is 1.39. The van der Waals surface area contributed by atoms with Crippen molar-refractivity contribution in [1.82, 2.24) is 5.32 Å². The van der Waals surface area contributed by atoms with E-state index in [2.05, 4.69) is 46.4 Å². The molecule has 2 nitrogen and oxygen atoms in total. The van der Waals surface area contributed by atoms with E-state index in [-0.39, 0.29) is 0 Å². The summed E-state index contributed by atoms with van der Waals surface area (Å²) in [5.74, 6) is 3.91. The molecule has 2 saturated carbocycles. The molecule has 2 aliphatic rings. The average molecular weight is 338 g/mol. The predicted octanol–water partition coefficient (Wildman–Crippen LogP) is 4.02. The molecule has 0 aliphatic heterocycles. The van der Waals surface area contributed by atoms with Crippen molar-refractivity contribution in [3.8, 4) is 5.75 Å². The number of hydrogen-bond acceptors (Lipinski definition) is 2. The second-order valence-corrected chi connectivity index (χ2v) is 7.18. The molecule has 0 amide bonds. The average Bonchev–Trinajstić information content (AvgIpc) is 3.05. The molecule has 0 heterocycles. The van der Waals surface area contributed by atoms with Gasteiger partial charge < -0.3 is 10.1 Å². The van der Waals surface area contributed by atoms with Crippen LogP contribution in [-0.2, 0) is 6.42 Å². The van der Waals surface area contributed by atoms with Crippen LogP contribution in [0.25, 0.3) is 0 Å². The Bertz CT molecular complexity index is 466. The van der Waals surface area contributed by atoms with E-state index in [1.165, 1.54) is 24.8 Å². The van der Waals surface area contributed by atoms with E-state index in [1.807, 2.05) is 0 Å². The van der Waals surface area contributed by atoms with E-state index in [0.29, 0.717) is 6.04 Å². The molecule has 110 valence electrons. The second-order valence-electron chi connectivity index (χ2n) is 6.32. The number of fused-ring (bicyclic) bond motifs is 1. The molecular weight excluding hydrogens is 314 g/mol. The zero-order valence-electron chi connectivity index (χ0n) is 12.4. The van der Waals surface area contributed by atoms with Gasteiger partial charge in [-0.2, -0.15) is 0 Å². The number of hydrogen-bond donors (Lipinski definition) is 1. The summed E-state index contributed by atoms with van der Waals surface area (Å²) in [6.07, 6.45) is 5.52. The molecule has 0 radical (unpaired) electrons. The van der Waals surface area contributed by atoms with Crippen LogP contribution in [0.5, 0.6) is 5.75 Å². The lowest BCUT2D eigenvalue weighted by molar-refractivity contribution is 0.337. The fraction of sp³-hybridized carbons (Fsp3) is 0.647. The molecule has 1 aromatic carbocycles. The van der Waals surface area contributed by atoms with E-state index < -0.39 is 0 Å². The zero-order chi connectivity index (χ0) is 14.1. The molecule has 3 unspecified atom stereocenters. The minimum absolute atomic E-state index is 0.632. The van der Waals surface area contributed by atoms with Gasteiger partial charge in [-0.05, 0) is 83.6 Å². The van der Waals surface area contributed by atoms with Gasteiger partial charge in [-0.25, -0.2) is 0 Å². The Labute approximate surface area is 130 Å². The van der Waals surface area contributed by atoms with Crippen LogP contribution < -0.4 is 10.1 Å². The van der Waals surface area contributed by atoms with Crippen molar-refractivity contribution in [1.29, 1.82) is 0 Å². The van der Waals surface area contributed by atoms with Crippen LogP contribution in [0.4, 0.5) is 0 Å². The Morgan fingerprint density at radius 3 is 2.65 bits per heavy atom. The van der Waals surface area contributed by atoms with Gasteiger partial charge in [0.05, 0.1) is 11.6 Å². The maximum atomic E-state index is 5.31. The normalized spacial score (nSPS) is 29.1. The van der Waals surface area contributed by atoms with Crippen molar-refractivity contribution in [2.45, 2.75) is 38.6 Å². The van der Waals surface area contributed by atoms with E-state index in [0.717, 1.165) is 40.9 Å². The lowest BCUT2D eigenvalue weighted by atomic mass is 9.89. The first kappa shape index (κ1) is 14.4. The predicted molar refractivity (Wildman–Crippen MR) is 86.2 cm³/mol. The summed E-state index contributed by atoms with van der Waals surface area (Å²) in [7, 11) is 1.71. The highest BCUT2D eigenvalue weighted by atomic mass is 79.9. The van der Waals surface area contributed by atoms with Crippen LogP contribution in [0.1, 0.15) is 31.7 Å². The highest BCUT2D eigenvalue weighted by Gasteiger charge is 2.47. The lowest BCUT2D eigenvalue weighted by Gasteiger charge is -2.26. The van der Waals surface area contributed by atoms with Crippen LogP contribution in [0.15, 0.2) is 22.7 Å². The van der Waals surface area contributed by atoms with Gasteiger partial charge >= 0.3 is 0 Å². The van der Waals surface area contributed by atoms with Crippen LogP contribution >= 0.6 is 15.9 Å². The molecule has 1 aromatic rings. The van der Waals surface area contributed by atoms with Gasteiger partial charge in [-0.1, -0.05) is 13.0 Å². The molecule has 0 aromatic heterocycles. The lowest BCUT2D eigenvalue weighted by Crippen LogP contribution is -2.37. The van der Waals surface area contributed by atoms with E-state index in [1.54, 1.807) is 7.11 Å². The molecule has 3 rings (SSSR count). The van der Waals surface area contributed by atoms with Gasteiger partial charge in [0.2, 0.25) is 0 Å². The number of nitrogens with one attached hydrogen (secondary N) is 1. The van der Waals surface area contributed by atoms with Gasteiger partial charge in [-0.15, -0.1) is 0 Å². The molecular formula is C17H24BrNO. The fourth-order valence-corrected chi connectivity index (χ4v) is 4.44. The number of halogens is 1. The van der Waals surface area contributed by atoms with Crippen molar-refractivity contribution >= 4 is 15.9 Å². The molecule has 20 heavy (non-hydrogen) atoms. The third-order valence-electron chi connectivity index (χ3n) is 4.99. The molecule has 3 heteroatoms. The number of methoxy groups -OCH3 is 1. The van der Waals surface area contributed by atoms with Crippen LogP contribution in [0.3, 0.4) is 0 Å². The highest BCUT2D eigenvalue weighted by molar-refractivity contribution is 9.10. The van der Waals surface area contributed by atoms with Gasteiger partial charge in [0.25, 0.3) is 0 Å². The molecule has 0 spiro atoms. The van der Waals surface area contributed by atoms with Gasteiger partial charge in [-0.3, -0.25) is 0 Å². The van der Waals surface area contributed by atoms with Gasteiger partial charge in [0.15, 0.2) is 0 Å². The van der Waals surface area contributed by atoms with Crippen molar-refractivity contribution in [2.75, 3.05) is 13.7 Å². The summed E-state index contributed by atoms with van der Waals surface area (Å²) in [6, 6.07) is 7.10. The van der Waals surface area contributed by atoms with Crippen molar-refractivity contribution in [3.05, 3.63) is 28.2 Å².